The zero-order valence-corrected chi connectivity index (χ0v) is 16.8. The minimum absolute atomic E-state index is 0.169. The van der Waals surface area contributed by atoms with E-state index < -0.39 is 21.8 Å². The Labute approximate surface area is 167 Å². The van der Waals surface area contributed by atoms with Crippen LogP contribution in [0.1, 0.15) is 22.8 Å². The molecule has 0 spiro atoms. The second-order valence-corrected chi connectivity index (χ2v) is 8.04. The maximum Gasteiger partial charge on any atom is 0.416 e. The number of carbonyl (C=O) groups is 1. The van der Waals surface area contributed by atoms with E-state index in [-0.39, 0.29) is 22.1 Å². The van der Waals surface area contributed by atoms with E-state index in [0.717, 1.165) is 18.7 Å². The molecule has 29 heavy (non-hydrogen) atoms. The summed E-state index contributed by atoms with van der Waals surface area (Å²) in [5.74, 6) is -0.343. The van der Waals surface area contributed by atoms with Gasteiger partial charge in [0.15, 0.2) is 0 Å². The molecule has 0 heterocycles. The Bertz CT molecular complexity index is 945. The van der Waals surface area contributed by atoms with Crippen molar-refractivity contribution in [2.24, 2.45) is 0 Å². The number of likely N-dealkylation sites (N-methyl/N-ethyl adjacent to an activating group) is 1. The first-order valence-corrected chi connectivity index (χ1v) is 10.3. The highest BCUT2D eigenvalue weighted by molar-refractivity contribution is 7.92. The molecule has 1 amide bonds. The van der Waals surface area contributed by atoms with Crippen LogP contribution in [-0.4, -0.2) is 45.9 Å². The number of nitrogens with one attached hydrogen (secondary N) is 2. The van der Waals surface area contributed by atoms with Crippen LogP contribution in [0.3, 0.4) is 0 Å². The number of rotatable bonds is 8. The Morgan fingerprint density at radius 1 is 1.10 bits per heavy atom. The molecule has 2 N–H and O–H groups in total. The molecule has 158 valence electrons. The summed E-state index contributed by atoms with van der Waals surface area (Å²) >= 11 is 0. The maximum atomic E-state index is 12.8. The van der Waals surface area contributed by atoms with Gasteiger partial charge in [-0.15, -0.1) is 0 Å². The quantitative estimate of drug-likeness (QED) is 0.676. The molecule has 0 aliphatic carbocycles. The molecule has 0 radical (unpaired) electrons. The van der Waals surface area contributed by atoms with Crippen molar-refractivity contribution in [1.29, 1.82) is 0 Å². The molecule has 0 saturated heterocycles. The number of hydrogen-bond acceptors (Lipinski definition) is 4. The fourth-order valence-electron chi connectivity index (χ4n) is 2.38. The Morgan fingerprint density at radius 3 is 2.34 bits per heavy atom. The zero-order chi connectivity index (χ0) is 21.7. The molecule has 0 saturated carbocycles. The van der Waals surface area contributed by atoms with Gasteiger partial charge in [0.1, 0.15) is 0 Å². The normalized spacial score (nSPS) is 12.1. The predicted molar refractivity (Wildman–Crippen MR) is 104 cm³/mol. The van der Waals surface area contributed by atoms with Crippen molar-refractivity contribution in [3.8, 4) is 0 Å². The van der Waals surface area contributed by atoms with Crippen LogP contribution >= 0.6 is 0 Å². The number of benzene rings is 2. The maximum absolute atomic E-state index is 12.8. The van der Waals surface area contributed by atoms with Gasteiger partial charge in [-0.3, -0.25) is 9.52 Å². The Morgan fingerprint density at radius 2 is 1.76 bits per heavy atom. The molecule has 2 aromatic rings. The van der Waals surface area contributed by atoms with Gasteiger partial charge in [-0.05, 0) is 56.1 Å². The number of halogens is 3. The molecule has 2 aromatic carbocycles. The molecule has 0 unspecified atom stereocenters. The van der Waals surface area contributed by atoms with Crippen molar-refractivity contribution in [2.45, 2.75) is 18.0 Å². The van der Waals surface area contributed by atoms with Crippen molar-refractivity contribution in [3.05, 3.63) is 59.7 Å². The van der Waals surface area contributed by atoms with Crippen molar-refractivity contribution in [2.75, 3.05) is 31.4 Å². The van der Waals surface area contributed by atoms with E-state index in [2.05, 4.69) is 10.0 Å². The van der Waals surface area contributed by atoms with Crippen molar-refractivity contribution < 1.29 is 26.4 Å². The average molecular weight is 429 g/mol. The highest BCUT2D eigenvalue weighted by Crippen LogP contribution is 2.31. The van der Waals surface area contributed by atoms with Gasteiger partial charge in [-0.25, -0.2) is 8.42 Å². The summed E-state index contributed by atoms with van der Waals surface area (Å²) in [5.41, 5.74) is -0.887. The van der Waals surface area contributed by atoms with Crippen LogP contribution in [0.15, 0.2) is 53.4 Å². The van der Waals surface area contributed by atoms with Crippen LogP contribution < -0.4 is 10.0 Å². The molecule has 0 aliphatic heterocycles. The Kier molecular flexibility index (Phi) is 7.26. The summed E-state index contributed by atoms with van der Waals surface area (Å²) in [4.78, 5) is 14.0. The Balaban J connectivity index is 2.07. The monoisotopic (exact) mass is 429 g/mol. The standard InChI is InChI=1S/C19H22F3N3O3S/c1-3-25(2)12-11-23-18(26)14-7-9-17(10-8-14)29(27,28)24-16-6-4-5-15(13-16)19(20,21)22/h4-10,13,24H,3,11-12H2,1-2H3,(H,23,26). The lowest BCUT2D eigenvalue weighted by molar-refractivity contribution is -0.137. The summed E-state index contributed by atoms with van der Waals surface area (Å²) in [5, 5.41) is 2.73. The number of sulfonamides is 1. The highest BCUT2D eigenvalue weighted by Gasteiger charge is 2.30. The highest BCUT2D eigenvalue weighted by atomic mass is 32.2. The number of nitrogens with zero attached hydrogens (tertiary/aromatic N) is 1. The van der Waals surface area contributed by atoms with Crippen LogP contribution in [-0.2, 0) is 16.2 Å². The molecule has 0 aromatic heterocycles. The molecule has 6 nitrogen and oxygen atoms in total. The predicted octanol–water partition coefficient (Wildman–Crippen LogP) is 3.19. The first-order chi connectivity index (χ1) is 13.5. The first-order valence-electron chi connectivity index (χ1n) is 8.80. The number of carbonyl (C=O) groups excluding carboxylic acids is 1. The molecular weight excluding hydrogens is 407 g/mol. The van der Waals surface area contributed by atoms with E-state index in [1.807, 2.05) is 18.9 Å². The van der Waals surface area contributed by atoms with Gasteiger partial charge in [0.25, 0.3) is 15.9 Å². The average Bonchev–Trinajstić information content (AvgIpc) is 2.67. The summed E-state index contributed by atoms with van der Waals surface area (Å²) in [6.07, 6.45) is -4.58. The smallest absolute Gasteiger partial charge is 0.351 e. The molecule has 2 rings (SSSR count). The molecule has 0 bridgehead atoms. The van der Waals surface area contributed by atoms with Crippen LogP contribution in [0.25, 0.3) is 0 Å². The van der Waals surface area contributed by atoms with Crippen molar-refractivity contribution in [1.82, 2.24) is 10.2 Å². The van der Waals surface area contributed by atoms with E-state index >= 15 is 0 Å². The molecular formula is C19H22F3N3O3S. The zero-order valence-electron chi connectivity index (χ0n) is 16.0. The summed E-state index contributed by atoms with van der Waals surface area (Å²) in [6.45, 7) is 3.96. The summed E-state index contributed by atoms with van der Waals surface area (Å²) in [6, 6.07) is 9.05. The number of amides is 1. The second kappa shape index (κ2) is 9.27. The fourth-order valence-corrected chi connectivity index (χ4v) is 3.43. The van der Waals surface area contributed by atoms with Crippen LogP contribution in [0.2, 0.25) is 0 Å². The molecule has 0 aliphatic rings. The minimum atomic E-state index is -4.58. The second-order valence-electron chi connectivity index (χ2n) is 6.36. The van der Waals surface area contributed by atoms with Crippen molar-refractivity contribution in [3.63, 3.8) is 0 Å². The topological polar surface area (TPSA) is 78.5 Å². The largest absolute Gasteiger partial charge is 0.416 e. The van der Waals surface area contributed by atoms with Crippen molar-refractivity contribution >= 4 is 21.6 Å². The van der Waals surface area contributed by atoms with E-state index in [4.69, 9.17) is 0 Å². The Hall–Kier alpha value is -2.59. The molecule has 0 atom stereocenters. The van der Waals surface area contributed by atoms with E-state index in [9.17, 15) is 26.4 Å². The van der Waals surface area contributed by atoms with Gasteiger partial charge >= 0.3 is 6.18 Å². The van der Waals surface area contributed by atoms with Gasteiger partial charge in [0, 0.05) is 24.3 Å². The van der Waals surface area contributed by atoms with Crippen LogP contribution in [0.5, 0.6) is 0 Å². The molecule has 0 fully saturated rings. The first kappa shape index (κ1) is 22.7. The summed E-state index contributed by atoms with van der Waals surface area (Å²) < 4.78 is 65.3. The van der Waals surface area contributed by atoms with Gasteiger partial charge < -0.3 is 10.2 Å². The lowest BCUT2D eigenvalue weighted by Gasteiger charge is -2.14. The number of anilines is 1. The van der Waals surface area contributed by atoms with E-state index in [1.165, 1.54) is 30.3 Å². The SMILES string of the molecule is CCN(C)CCNC(=O)c1ccc(S(=O)(=O)Nc2cccc(C(F)(F)F)c2)cc1. The lowest BCUT2D eigenvalue weighted by atomic mass is 10.2. The minimum Gasteiger partial charge on any atom is -0.351 e. The van der Waals surface area contributed by atoms with Crippen LogP contribution in [0, 0.1) is 0 Å². The van der Waals surface area contributed by atoms with Gasteiger partial charge in [0.05, 0.1) is 10.5 Å². The van der Waals surface area contributed by atoms with Gasteiger partial charge in [0.2, 0.25) is 0 Å². The molecule has 10 heteroatoms. The number of hydrogen-bond donors (Lipinski definition) is 2. The lowest BCUT2D eigenvalue weighted by Crippen LogP contribution is -2.32. The third-order valence-electron chi connectivity index (χ3n) is 4.19. The summed E-state index contributed by atoms with van der Waals surface area (Å²) in [7, 11) is -2.19. The third kappa shape index (κ3) is 6.47. The van der Waals surface area contributed by atoms with Gasteiger partial charge in [-0.2, -0.15) is 13.2 Å². The number of alkyl halides is 3. The van der Waals surface area contributed by atoms with E-state index in [1.54, 1.807) is 0 Å². The third-order valence-corrected chi connectivity index (χ3v) is 5.59. The van der Waals surface area contributed by atoms with Crippen LogP contribution in [0.4, 0.5) is 18.9 Å². The van der Waals surface area contributed by atoms with E-state index in [0.29, 0.717) is 19.2 Å². The van der Waals surface area contributed by atoms with Gasteiger partial charge in [-0.1, -0.05) is 13.0 Å². The fraction of sp³-hybridized carbons (Fsp3) is 0.316.